The number of aliphatic hydroxyl groups is 1. The summed E-state index contributed by atoms with van der Waals surface area (Å²) >= 11 is 0. The Balaban J connectivity index is 1.72. The molecule has 1 N–H and O–H groups in total. The molecule has 0 bridgehead atoms. The fourth-order valence-corrected chi connectivity index (χ4v) is 3.41. The molecule has 5 nitrogen and oxygen atoms in total. The molecule has 1 saturated carbocycles. The Hall–Kier alpha value is -0.910. The number of aryl methyl sites for hydroxylation is 1. The van der Waals surface area contributed by atoms with Crippen molar-refractivity contribution in [3.8, 4) is 0 Å². The Morgan fingerprint density at radius 3 is 3.05 bits per heavy atom. The third-order valence-electron chi connectivity index (χ3n) is 4.59. The van der Waals surface area contributed by atoms with Crippen molar-refractivity contribution >= 4 is 0 Å². The fourth-order valence-electron chi connectivity index (χ4n) is 3.41. The number of ether oxygens (including phenoxy) is 1. The van der Waals surface area contributed by atoms with Gasteiger partial charge in [-0.05, 0) is 12.8 Å². The van der Waals surface area contributed by atoms with Crippen LogP contribution in [-0.4, -0.2) is 51.5 Å². The Labute approximate surface area is 114 Å². The predicted octanol–water partition coefficient (Wildman–Crippen LogP) is 0.782. The van der Waals surface area contributed by atoms with Gasteiger partial charge in [-0.15, -0.1) is 0 Å². The first-order valence-corrected chi connectivity index (χ1v) is 7.21. The van der Waals surface area contributed by atoms with Crippen molar-refractivity contribution in [2.24, 2.45) is 13.0 Å². The Morgan fingerprint density at radius 2 is 2.37 bits per heavy atom. The smallest absolute Gasteiger partial charge is 0.0945 e. The van der Waals surface area contributed by atoms with Gasteiger partial charge in [0.15, 0.2) is 0 Å². The predicted molar refractivity (Wildman–Crippen MR) is 71.6 cm³/mol. The second-order valence-corrected chi connectivity index (χ2v) is 5.77. The number of hydrogen-bond donors (Lipinski definition) is 1. The van der Waals surface area contributed by atoms with Crippen LogP contribution in [0.1, 0.15) is 25.0 Å². The van der Waals surface area contributed by atoms with Gasteiger partial charge in [0, 0.05) is 38.3 Å². The van der Waals surface area contributed by atoms with Gasteiger partial charge < -0.3 is 14.4 Å². The van der Waals surface area contributed by atoms with Crippen molar-refractivity contribution in [2.75, 3.05) is 19.8 Å². The molecule has 3 rings (SSSR count). The molecule has 2 fully saturated rings. The maximum atomic E-state index is 10.1. The van der Waals surface area contributed by atoms with Crippen LogP contribution in [0, 0.1) is 5.92 Å². The summed E-state index contributed by atoms with van der Waals surface area (Å²) in [7, 11) is 2.03. The molecule has 106 valence electrons. The summed E-state index contributed by atoms with van der Waals surface area (Å²) in [6, 6.07) is 0.348. The van der Waals surface area contributed by atoms with Gasteiger partial charge in [0.2, 0.25) is 0 Å². The van der Waals surface area contributed by atoms with Crippen molar-refractivity contribution in [3.63, 3.8) is 0 Å². The molecule has 1 aromatic heterocycles. The first-order valence-electron chi connectivity index (χ1n) is 7.21. The zero-order valence-corrected chi connectivity index (χ0v) is 11.5. The molecule has 2 heterocycles. The highest BCUT2D eigenvalue weighted by Gasteiger charge is 2.37. The third-order valence-corrected chi connectivity index (χ3v) is 4.59. The van der Waals surface area contributed by atoms with E-state index < -0.39 is 0 Å². The largest absolute Gasteiger partial charge is 0.393 e. The third kappa shape index (κ3) is 2.68. The van der Waals surface area contributed by atoms with Crippen LogP contribution in [0.2, 0.25) is 0 Å². The van der Waals surface area contributed by atoms with E-state index in [-0.39, 0.29) is 6.10 Å². The van der Waals surface area contributed by atoms with E-state index in [0.29, 0.717) is 12.0 Å². The number of hydrogen-bond acceptors (Lipinski definition) is 4. The number of aromatic nitrogens is 2. The molecule has 0 radical (unpaired) electrons. The topological polar surface area (TPSA) is 50.5 Å². The van der Waals surface area contributed by atoms with Crippen LogP contribution < -0.4 is 0 Å². The van der Waals surface area contributed by atoms with Gasteiger partial charge in [-0.25, -0.2) is 4.98 Å². The van der Waals surface area contributed by atoms with Crippen molar-refractivity contribution in [1.82, 2.24) is 14.5 Å². The molecule has 1 aromatic rings. The van der Waals surface area contributed by atoms with E-state index in [1.54, 1.807) is 0 Å². The summed E-state index contributed by atoms with van der Waals surface area (Å²) in [4.78, 5) is 6.64. The van der Waals surface area contributed by atoms with Crippen molar-refractivity contribution in [3.05, 3.63) is 18.2 Å². The van der Waals surface area contributed by atoms with Crippen LogP contribution >= 0.6 is 0 Å². The molecule has 1 saturated heterocycles. The minimum atomic E-state index is -0.152. The van der Waals surface area contributed by atoms with Crippen LogP contribution in [0.15, 0.2) is 12.5 Å². The van der Waals surface area contributed by atoms with Gasteiger partial charge in [-0.3, -0.25) is 4.90 Å². The average Bonchev–Trinajstić information content (AvgIpc) is 3.00. The van der Waals surface area contributed by atoms with E-state index in [1.807, 2.05) is 19.6 Å². The van der Waals surface area contributed by atoms with Gasteiger partial charge in [0.05, 0.1) is 31.3 Å². The zero-order chi connectivity index (χ0) is 13.2. The molecule has 0 unspecified atom stereocenters. The quantitative estimate of drug-likeness (QED) is 0.877. The van der Waals surface area contributed by atoms with Crippen LogP contribution in [0.25, 0.3) is 0 Å². The van der Waals surface area contributed by atoms with E-state index in [4.69, 9.17) is 4.74 Å². The number of aliphatic hydroxyl groups excluding tert-OH is 1. The molecule has 1 aliphatic heterocycles. The maximum Gasteiger partial charge on any atom is 0.0945 e. The number of nitrogens with zero attached hydrogens (tertiary/aromatic N) is 3. The Morgan fingerprint density at radius 1 is 1.47 bits per heavy atom. The molecular weight excluding hydrogens is 242 g/mol. The Kier molecular flexibility index (Phi) is 3.86. The van der Waals surface area contributed by atoms with Crippen LogP contribution in [0.5, 0.6) is 0 Å². The highest BCUT2D eigenvalue weighted by atomic mass is 16.5. The standard InChI is InChI=1S/C14H23N3O2/c1-16-10-15-7-11(16)8-17-5-6-19-9-13(17)12-3-2-4-14(12)18/h7,10,12-14,18H,2-6,8-9H2,1H3/t12-,13+,14+/m0/s1. The van der Waals surface area contributed by atoms with Gasteiger partial charge in [0.25, 0.3) is 0 Å². The van der Waals surface area contributed by atoms with Gasteiger partial charge in [-0.2, -0.15) is 0 Å². The van der Waals surface area contributed by atoms with Crippen molar-refractivity contribution < 1.29 is 9.84 Å². The summed E-state index contributed by atoms with van der Waals surface area (Å²) in [5.74, 6) is 0.369. The SMILES string of the molecule is Cn1cncc1CN1CCOC[C@@H]1[C@@H]1CCC[C@H]1O. The van der Waals surface area contributed by atoms with Crippen molar-refractivity contribution in [2.45, 2.75) is 38.0 Å². The highest BCUT2D eigenvalue weighted by molar-refractivity contribution is 5.00. The number of imidazole rings is 1. The molecule has 5 heteroatoms. The summed E-state index contributed by atoms with van der Waals surface area (Å²) in [5.41, 5.74) is 1.22. The monoisotopic (exact) mass is 265 g/mol. The van der Waals surface area contributed by atoms with Crippen molar-refractivity contribution in [1.29, 1.82) is 0 Å². The summed E-state index contributed by atoms with van der Waals surface area (Å²) in [5, 5.41) is 10.1. The molecule has 0 aromatic carbocycles. The van der Waals surface area contributed by atoms with E-state index >= 15 is 0 Å². The molecule has 1 aliphatic carbocycles. The van der Waals surface area contributed by atoms with E-state index in [2.05, 4.69) is 14.5 Å². The van der Waals surface area contributed by atoms with Crippen LogP contribution in [0.4, 0.5) is 0 Å². The molecule has 19 heavy (non-hydrogen) atoms. The molecule has 0 spiro atoms. The normalized spacial score (nSPS) is 32.8. The van der Waals surface area contributed by atoms with Gasteiger partial charge in [-0.1, -0.05) is 6.42 Å². The lowest BCUT2D eigenvalue weighted by Crippen LogP contribution is -2.50. The van der Waals surface area contributed by atoms with E-state index in [0.717, 1.165) is 45.6 Å². The minimum Gasteiger partial charge on any atom is -0.393 e. The lowest BCUT2D eigenvalue weighted by atomic mass is 9.94. The highest BCUT2D eigenvalue weighted by Crippen LogP contribution is 2.32. The summed E-state index contributed by atoms with van der Waals surface area (Å²) in [6.07, 6.45) is 6.83. The Bertz CT molecular complexity index is 421. The van der Waals surface area contributed by atoms with Crippen LogP contribution in [-0.2, 0) is 18.3 Å². The fraction of sp³-hybridized carbons (Fsp3) is 0.786. The van der Waals surface area contributed by atoms with Gasteiger partial charge >= 0.3 is 0 Å². The summed E-state index contributed by atoms with van der Waals surface area (Å²) in [6.45, 7) is 3.38. The number of rotatable bonds is 3. The second-order valence-electron chi connectivity index (χ2n) is 5.77. The molecule has 2 aliphatic rings. The lowest BCUT2D eigenvalue weighted by Gasteiger charge is -2.40. The minimum absolute atomic E-state index is 0.152. The van der Waals surface area contributed by atoms with E-state index in [9.17, 15) is 5.11 Å². The molecular formula is C14H23N3O2. The van der Waals surface area contributed by atoms with E-state index in [1.165, 1.54) is 5.69 Å². The second kappa shape index (κ2) is 5.61. The first-order chi connectivity index (χ1) is 9.25. The number of morpholine rings is 1. The maximum absolute atomic E-state index is 10.1. The molecule has 3 atom stereocenters. The molecule has 0 amide bonds. The van der Waals surface area contributed by atoms with Gasteiger partial charge in [0.1, 0.15) is 0 Å². The lowest BCUT2D eigenvalue weighted by molar-refractivity contribution is -0.0543. The first kappa shape index (κ1) is 13.1. The van der Waals surface area contributed by atoms with Crippen LogP contribution in [0.3, 0.4) is 0 Å². The zero-order valence-electron chi connectivity index (χ0n) is 11.5. The summed E-state index contributed by atoms with van der Waals surface area (Å²) < 4.78 is 7.71. The average molecular weight is 265 g/mol.